The molecule has 0 fully saturated rings. The number of aromatic nitrogens is 3. The van der Waals surface area contributed by atoms with Gasteiger partial charge in [0.05, 0.1) is 16.3 Å². The van der Waals surface area contributed by atoms with Crippen molar-refractivity contribution in [3.63, 3.8) is 0 Å². The third-order valence-electron chi connectivity index (χ3n) is 3.38. The standard InChI is InChI=1S/C16H16N4OS/c1-3-14-11(2)8-15(22-14)16(21)19-12-6-4-5-7-13(12)20-10-17-9-18-20/h4-10H,3H2,1-2H3,(H,19,21). The van der Waals surface area contributed by atoms with Crippen molar-refractivity contribution in [1.82, 2.24) is 14.8 Å². The number of hydrogen-bond acceptors (Lipinski definition) is 4. The van der Waals surface area contributed by atoms with Crippen molar-refractivity contribution in [3.8, 4) is 5.69 Å². The first-order valence-electron chi connectivity index (χ1n) is 7.03. The summed E-state index contributed by atoms with van der Waals surface area (Å²) in [5.41, 5.74) is 2.67. The van der Waals surface area contributed by atoms with Crippen LogP contribution in [0.15, 0.2) is 43.0 Å². The molecule has 0 unspecified atom stereocenters. The van der Waals surface area contributed by atoms with Crippen LogP contribution in [0.5, 0.6) is 0 Å². The molecule has 0 aliphatic heterocycles. The molecule has 0 radical (unpaired) electrons. The van der Waals surface area contributed by atoms with Crippen molar-refractivity contribution < 1.29 is 4.79 Å². The van der Waals surface area contributed by atoms with Crippen LogP contribution >= 0.6 is 11.3 Å². The van der Waals surface area contributed by atoms with Crippen molar-refractivity contribution >= 4 is 22.9 Å². The number of hydrogen-bond donors (Lipinski definition) is 1. The largest absolute Gasteiger partial charge is 0.319 e. The van der Waals surface area contributed by atoms with Gasteiger partial charge in [-0.1, -0.05) is 19.1 Å². The number of thiophene rings is 1. The molecule has 6 heteroatoms. The van der Waals surface area contributed by atoms with Gasteiger partial charge >= 0.3 is 0 Å². The molecule has 1 amide bonds. The summed E-state index contributed by atoms with van der Waals surface area (Å²) in [4.78, 5) is 18.4. The van der Waals surface area contributed by atoms with Gasteiger partial charge < -0.3 is 5.32 Å². The van der Waals surface area contributed by atoms with E-state index in [4.69, 9.17) is 0 Å². The second-order valence-electron chi connectivity index (χ2n) is 4.88. The topological polar surface area (TPSA) is 59.8 Å². The fourth-order valence-corrected chi connectivity index (χ4v) is 3.29. The number of carbonyl (C=O) groups is 1. The van der Waals surface area contributed by atoms with Crippen molar-refractivity contribution in [2.45, 2.75) is 20.3 Å². The first-order valence-corrected chi connectivity index (χ1v) is 7.85. The Morgan fingerprint density at radius 2 is 2.18 bits per heavy atom. The maximum atomic E-state index is 12.5. The first kappa shape index (κ1) is 14.5. The second kappa shape index (κ2) is 6.11. The highest BCUT2D eigenvalue weighted by atomic mass is 32.1. The average molecular weight is 312 g/mol. The van der Waals surface area contributed by atoms with E-state index >= 15 is 0 Å². The van der Waals surface area contributed by atoms with E-state index < -0.39 is 0 Å². The van der Waals surface area contributed by atoms with Gasteiger partial charge in [0.1, 0.15) is 12.7 Å². The molecule has 1 aromatic carbocycles. The first-order chi connectivity index (χ1) is 10.7. The Balaban J connectivity index is 1.88. The third-order valence-corrected chi connectivity index (χ3v) is 4.76. The Morgan fingerprint density at radius 1 is 1.36 bits per heavy atom. The van der Waals surface area contributed by atoms with E-state index in [0.717, 1.165) is 17.0 Å². The molecule has 0 aliphatic carbocycles. The number of para-hydroxylation sites is 2. The molecule has 0 atom stereocenters. The van der Waals surface area contributed by atoms with Gasteiger partial charge in [0.15, 0.2) is 0 Å². The van der Waals surface area contributed by atoms with Crippen LogP contribution in [0.25, 0.3) is 5.69 Å². The Morgan fingerprint density at radius 3 is 2.86 bits per heavy atom. The van der Waals surface area contributed by atoms with Crippen molar-refractivity contribution in [1.29, 1.82) is 0 Å². The minimum absolute atomic E-state index is 0.0969. The van der Waals surface area contributed by atoms with E-state index in [1.165, 1.54) is 16.8 Å². The predicted octanol–water partition coefficient (Wildman–Crippen LogP) is 3.45. The minimum atomic E-state index is -0.0969. The number of benzene rings is 1. The van der Waals surface area contributed by atoms with E-state index in [1.54, 1.807) is 22.3 Å². The van der Waals surface area contributed by atoms with Gasteiger partial charge in [-0.2, -0.15) is 5.10 Å². The molecule has 1 N–H and O–H groups in total. The van der Waals surface area contributed by atoms with Crippen LogP contribution in [0, 0.1) is 6.92 Å². The Bertz CT molecular complexity index is 792. The summed E-state index contributed by atoms with van der Waals surface area (Å²) >= 11 is 1.54. The lowest BCUT2D eigenvalue weighted by molar-refractivity contribution is 0.103. The normalized spacial score (nSPS) is 10.6. The maximum Gasteiger partial charge on any atom is 0.265 e. The van der Waals surface area contributed by atoms with Crippen LogP contribution in [0.1, 0.15) is 27.0 Å². The van der Waals surface area contributed by atoms with Crippen LogP contribution < -0.4 is 5.32 Å². The van der Waals surface area contributed by atoms with Crippen LogP contribution in [-0.2, 0) is 6.42 Å². The van der Waals surface area contributed by atoms with Gasteiger partial charge in [0, 0.05) is 4.88 Å². The third kappa shape index (κ3) is 2.78. The van der Waals surface area contributed by atoms with E-state index in [1.807, 2.05) is 37.3 Å². The molecule has 112 valence electrons. The monoisotopic (exact) mass is 312 g/mol. The van der Waals surface area contributed by atoms with E-state index in [-0.39, 0.29) is 5.91 Å². The van der Waals surface area contributed by atoms with Crippen LogP contribution in [0.3, 0.4) is 0 Å². The zero-order valence-corrected chi connectivity index (χ0v) is 13.2. The molecule has 2 aromatic heterocycles. The molecule has 0 bridgehead atoms. The molecule has 0 spiro atoms. The molecule has 22 heavy (non-hydrogen) atoms. The minimum Gasteiger partial charge on any atom is -0.319 e. The summed E-state index contributed by atoms with van der Waals surface area (Å²) in [7, 11) is 0. The molecular weight excluding hydrogens is 296 g/mol. The Hall–Kier alpha value is -2.47. The van der Waals surface area contributed by atoms with Gasteiger partial charge in [-0.25, -0.2) is 9.67 Å². The second-order valence-corrected chi connectivity index (χ2v) is 6.02. The zero-order chi connectivity index (χ0) is 15.5. The van der Waals surface area contributed by atoms with Crippen LogP contribution in [-0.4, -0.2) is 20.7 Å². The number of amides is 1. The maximum absolute atomic E-state index is 12.5. The van der Waals surface area contributed by atoms with Crippen molar-refractivity contribution in [2.24, 2.45) is 0 Å². The summed E-state index contributed by atoms with van der Waals surface area (Å²) in [6.07, 6.45) is 4.02. The lowest BCUT2D eigenvalue weighted by Crippen LogP contribution is -2.12. The highest BCUT2D eigenvalue weighted by Crippen LogP contribution is 2.25. The summed E-state index contributed by atoms with van der Waals surface area (Å²) in [6.45, 7) is 4.13. The number of rotatable bonds is 4. The predicted molar refractivity (Wildman–Crippen MR) is 87.7 cm³/mol. The highest BCUT2D eigenvalue weighted by Gasteiger charge is 2.14. The zero-order valence-electron chi connectivity index (χ0n) is 12.4. The Labute approximate surface area is 132 Å². The van der Waals surface area contributed by atoms with E-state index in [2.05, 4.69) is 22.3 Å². The van der Waals surface area contributed by atoms with Gasteiger partial charge in [-0.3, -0.25) is 4.79 Å². The quantitative estimate of drug-likeness (QED) is 0.802. The number of nitrogens with one attached hydrogen (secondary N) is 1. The smallest absolute Gasteiger partial charge is 0.265 e. The van der Waals surface area contributed by atoms with E-state index in [0.29, 0.717) is 5.69 Å². The summed E-state index contributed by atoms with van der Waals surface area (Å²) in [5, 5.41) is 7.08. The van der Waals surface area contributed by atoms with Gasteiger partial charge in [0.25, 0.3) is 5.91 Å². The van der Waals surface area contributed by atoms with Crippen LogP contribution in [0.2, 0.25) is 0 Å². The average Bonchev–Trinajstić information content (AvgIpc) is 3.17. The molecule has 3 rings (SSSR count). The van der Waals surface area contributed by atoms with Gasteiger partial charge in [-0.05, 0) is 37.1 Å². The number of carbonyl (C=O) groups excluding carboxylic acids is 1. The summed E-state index contributed by atoms with van der Waals surface area (Å²) < 4.78 is 1.63. The fraction of sp³-hybridized carbons (Fsp3) is 0.188. The summed E-state index contributed by atoms with van der Waals surface area (Å²) in [6, 6.07) is 9.47. The molecule has 5 nitrogen and oxygen atoms in total. The SMILES string of the molecule is CCc1sc(C(=O)Nc2ccccc2-n2cncn2)cc1C. The van der Waals surface area contributed by atoms with E-state index in [9.17, 15) is 4.79 Å². The molecule has 0 saturated heterocycles. The fourth-order valence-electron chi connectivity index (χ4n) is 2.28. The van der Waals surface area contributed by atoms with Crippen molar-refractivity contribution in [3.05, 3.63) is 58.3 Å². The molecule has 0 saturated carbocycles. The number of aryl methyl sites for hydroxylation is 2. The number of nitrogens with zero attached hydrogens (tertiary/aromatic N) is 3. The lowest BCUT2D eigenvalue weighted by atomic mass is 10.2. The van der Waals surface area contributed by atoms with Crippen molar-refractivity contribution in [2.75, 3.05) is 5.32 Å². The molecule has 0 aliphatic rings. The number of anilines is 1. The van der Waals surface area contributed by atoms with Gasteiger partial charge in [-0.15, -0.1) is 11.3 Å². The molecule has 3 aromatic rings. The lowest BCUT2D eigenvalue weighted by Gasteiger charge is -2.09. The highest BCUT2D eigenvalue weighted by molar-refractivity contribution is 7.14. The summed E-state index contributed by atoms with van der Waals surface area (Å²) in [5.74, 6) is -0.0969. The van der Waals surface area contributed by atoms with Crippen LogP contribution in [0.4, 0.5) is 5.69 Å². The molecule has 2 heterocycles. The van der Waals surface area contributed by atoms with Gasteiger partial charge in [0.2, 0.25) is 0 Å². The Kier molecular flexibility index (Phi) is 4.02. The molecular formula is C16H16N4OS.